The number of hydrogen-bond acceptors (Lipinski definition) is 15. The molecule has 4 N–H and O–H groups in total. The van der Waals surface area contributed by atoms with E-state index in [-0.39, 0.29) is 35.0 Å². The molecule has 0 saturated heterocycles. The Morgan fingerprint density at radius 1 is 0.744 bits per heavy atom. The van der Waals surface area contributed by atoms with E-state index >= 15 is 0 Å². The summed E-state index contributed by atoms with van der Waals surface area (Å²) in [7, 11) is 9.96. The lowest BCUT2D eigenvalue weighted by atomic mass is 9.70. The number of nitrogens with zero attached hydrogens (tertiary/aromatic N) is 1. The van der Waals surface area contributed by atoms with E-state index in [9.17, 15) is 29.3 Å². The Balaban J connectivity index is 0.903. The first kappa shape index (κ1) is 65.1. The van der Waals surface area contributed by atoms with Gasteiger partial charge >= 0.3 is 19.9 Å². The Labute approximate surface area is 473 Å². The van der Waals surface area contributed by atoms with Crippen molar-refractivity contribution in [2.75, 3.05) is 87.7 Å². The molecule has 3 aromatic carbocycles. The number of benzene rings is 3. The monoisotopic (exact) mass is 1150 g/mol. The number of phosphoric ester groups is 1. The van der Waals surface area contributed by atoms with Crippen LogP contribution >= 0.6 is 29.4 Å². The number of aliphatic hydroxyl groups excluding tert-OH is 1. The number of rotatable bonds is 39. The average molecular weight is 1150 g/mol. The molecule has 1 aliphatic carbocycles. The summed E-state index contributed by atoms with van der Waals surface area (Å²) in [6.45, 7) is 6.32. The number of amides is 1. The van der Waals surface area contributed by atoms with Gasteiger partial charge in [0.05, 0.1) is 71.9 Å². The zero-order valence-corrected chi connectivity index (χ0v) is 50.3. The topological polar surface area (TPSA) is 198 Å². The lowest BCUT2D eigenvalue weighted by Crippen LogP contribution is -2.52. The number of likely N-dealkylation sites (N-methyl/N-ethyl adjacent to an activating group) is 1. The quantitative estimate of drug-likeness (QED) is 0.0138. The number of unbranched alkanes of at least 4 members (excludes halogenated alkanes) is 16. The van der Waals surface area contributed by atoms with Crippen LogP contribution in [0.3, 0.4) is 0 Å². The molecule has 0 bridgehead atoms. The Kier molecular flexibility index (Phi) is 26.8. The lowest BCUT2D eigenvalue weighted by molar-refractivity contribution is -0.870. The molecule has 6 atom stereocenters. The molecule has 1 aliphatic heterocycles. The van der Waals surface area contributed by atoms with Crippen molar-refractivity contribution in [2.24, 2.45) is 5.92 Å². The fourth-order valence-electron chi connectivity index (χ4n) is 10.4. The van der Waals surface area contributed by atoms with Crippen molar-refractivity contribution >= 4 is 41.5 Å². The number of ether oxygens (including phenoxy) is 6. The first-order valence-electron chi connectivity index (χ1n) is 28.2. The summed E-state index contributed by atoms with van der Waals surface area (Å²) in [5.74, 6) is -0.275. The van der Waals surface area contributed by atoms with Crippen molar-refractivity contribution in [3.8, 4) is 23.0 Å². The summed E-state index contributed by atoms with van der Waals surface area (Å²) in [5.41, 5.74) is -2.53. The minimum atomic E-state index is -3.95. The number of nitrogens with one attached hydrogen (secondary N) is 1. The van der Waals surface area contributed by atoms with Gasteiger partial charge in [0.1, 0.15) is 48.9 Å². The molecular formula is C59H92N2O14PS2+. The van der Waals surface area contributed by atoms with Gasteiger partial charge in [0.2, 0.25) is 0 Å². The summed E-state index contributed by atoms with van der Waals surface area (Å²) >= 11 is 0. The highest BCUT2D eigenvalue weighted by Crippen LogP contribution is 2.70. The van der Waals surface area contributed by atoms with E-state index in [2.05, 4.69) is 19.2 Å². The van der Waals surface area contributed by atoms with Crippen LogP contribution in [0, 0.1) is 5.92 Å². The second-order valence-electron chi connectivity index (χ2n) is 22.2. The predicted molar refractivity (Wildman–Crippen MR) is 310 cm³/mol. The molecular weight excluding hydrogens is 1060 g/mol. The summed E-state index contributed by atoms with van der Waals surface area (Å²) in [6, 6.07) is 19.5. The van der Waals surface area contributed by atoms with Crippen LogP contribution in [0.4, 0.5) is 4.79 Å². The fraction of sp³-hybridized carbons (Fsp3) is 0.661. The molecule has 5 rings (SSSR count). The van der Waals surface area contributed by atoms with Gasteiger partial charge in [-0.25, -0.2) is 9.36 Å². The third-order valence-electron chi connectivity index (χ3n) is 14.5. The third-order valence-corrected chi connectivity index (χ3v) is 18.9. The van der Waals surface area contributed by atoms with Crippen LogP contribution in [0.5, 0.6) is 23.0 Å². The highest BCUT2D eigenvalue weighted by atomic mass is 33.1. The highest BCUT2D eigenvalue weighted by Gasteiger charge is 2.78. The normalized spacial score (nSPS) is 20.5. The average Bonchev–Trinajstić information content (AvgIpc) is 3.89. The molecule has 16 nitrogen and oxygen atoms in total. The molecule has 78 heavy (non-hydrogen) atoms. The van der Waals surface area contributed by atoms with Crippen molar-refractivity contribution in [3.05, 3.63) is 83.4 Å². The van der Waals surface area contributed by atoms with Gasteiger partial charge in [0.15, 0.2) is 11.2 Å². The van der Waals surface area contributed by atoms with Crippen LogP contribution in [0.25, 0.3) is 0 Å². The molecule has 3 aromatic rings. The molecule has 1 unspecified atom stereocenters. The number of quaternary nitrogens is 1. The van der Waals surface area contributed by atoms with E-state index in [1.807, 2.05) is 62.3 Å². The van der Waals surface area contributed by atoms with E-state index in [0.29, 0.717) is 66.3 Å². The highest BCUT2D eigenvalue weighted by molar-refractivity contribution is 8.77. The number of methoxy groups -OCH3 is 3. The number of alkyl carbamates (subject to hydrolysis) is 1. The molecule has 1 heterocycles. The third kappa shape index (κ3) is 18.9. The first-order chi connectivity index (χ1) is 37.3. The Bertz CT molecular complexity index is 2310. The zero-order chi connectivity index (χ0) is 56.7. The molecule has 438 valence electrons. The number of carbonyl (C=O) groups excluding carboxylic acids is 2. The maximum absolute atomic E-state index is 13.6. The zero-order valence-electron chi connectivity index (χ0n) is 47.8. The summed E-state index contributed by atoms with van der Waals surface area (Å²) < 4.78 is 57.8. The van der Waals surface area contributed by atoms with Crippen LogP contribution in [0.2, 0.25) is 0 Å². The lowest BCUT2D eigenvalue weighted by Gasteiger charge is -2.40. The molecule has 1 fully saturated rings. The van der Waals surface area contributed by atoms with Crippen molar-refractivity contribution in [1.82, 2.24) is 5.32 Å². The minimum absolute atomic E-state index is 0.196. The minimum Gasteiger partial charge on any atom is -0.497 e. The van der Waals surface area contributed by atoms with Crippen molar-refractivity contribution in [2.45, 2.75) is 157 Å². The number of phosphoric acid groups is 1. The number of carbonyl (C=O) groups is 2. The standard InChI is InChI=1S/C59H91N2O14PS2/c1-57(2,78-77-41-29-22-20-18-16-14-12-10-9-11-13-15-17-19-21-27-39-73-76(66,67)74-40-37-61(3,4)5)44-72-56(64)60-36-26-28-38-71-48-42-49(69-7)53-50(43-48)75-59(46-32-34-47(68-6)35-33-46)52(45-30-24-23-25-31-45)51(55(63)70-8)54(62)58(53,59)65/h23-25,30-35,42-43,51-52,54,62,65H,9-22,26-29,36-41,44H2,1-8H3,(H-,60,64,66,67)/p+1/t51-,52-,54-,58+,59+/m0/s1. The second-order valence-corrected chi connectivity index (χ2v) is 26.8. The summed E-state index contributed by atoms with van der Waals surface area (Å²) in [4.78, 5) is 36.0. The largest absolute Gasteiger partial charge is 0.497 e. The van der Waals surface area contributed by atoms with Gasteiger partial charge in [-0.2, -0.15) is 0 Å². The predicted octanol–water partition coefficient (Wildman–Crippen LogP) is 12.3. The van der Waals surface area contributed by atoms with Gasteiger partial charge < -0.3 is 53.3 Å². The van der Waals surface area contributed by atoms with E-state index in [1.165, 1.54) is 97.7 Å². The smallest absolute Gasteiger partial charge is 0.472 e. The SMILES string of the molecule is COC(=O)[C@@H]1[C@H](O)[C@]2(O)c3c(OC)cc(OCCCCNC(=O)OCC(C)(C)SSCCCCCCCCCCCCCCCCCCOP(=O)(O)OCC[N+](C)(C)C)cc3O[C@]2(c2ccc(OC)cc2)[C@H]1c1ccccc1. The summed E-state index contributed by atoms with van der Waals surface area (Å²) in [6.07, 6.45) is 18.7. The van der Waals surface area contributed by atoms with Gasteiger partial charge in [0.25, 0.3) is 0 Å². The summed E-state index contributed by atoms with van der Waals surface area (Å²) in [5, 5.41) is 28.2. The molecule has 1 amide bonds. The number of hydrogen-bond donors (Lipinski definition) is 4. The Hall–Kier alpha value is -3.71. The maximum Gasteiger partial charge on any atom is 0.472 e. The molecule has 0 spiro atoms. The van der Waals surface area contributed by atoms with E-state index in [1.54, 1.807) is 54.3 Å². The van der Waals surface area contributed by atoms with Gasteiger partial charge in [-0.3, -0.25) is 13.8 Å². The van der Waals surface area contributed by atoms with Crippen LogP contribution in [0.15, 0.2) is 66.7 Å². The molecule has 0 radical (unpaired) electrons. The maximum atomic E-state index is 13.6. The fourth-order valence-corrected chi connectivity index (χ4v) is 13.7. The van der Waals surface area contributed by atoms with E-state index in [0.717, 1.165) is 25.0 Å². The van der Waals surface area contributed by atoms with Gasteiger partial charge in [-0.15, -0.1) is 0 Å². The first-order valence-corrected chi connectivity index (χ1v) is 32.0. The molecule has 19 heteroatoms. The van der Waals surface area contributed by atoms with Crippen LogP contribution < -0.4 is 24.3 Å². The molecule has 0 aromatic heterocycles. The van der Waals surface area contributed by atoms with Crippen molar-refractivity contribution in [1.29, 1.82) is 0 Å². The van der Waals surface area contributed by atoms with Crippen molar-refractivity contribution in [3.63, 3.8) is 0 Å². The van der Waals surface area contributed by atoms with Crippen LogP contribution in [0.1, 0.15) is 152 Å². The molecule has 2 aliphatic rings. The number of aliphatic hydroxyl groups is 2. The van der Waals surface area contributed by atoms with E-state index < -0.39 is 49.0 Å². The Morgan fingerprint density at radius 3 is 1.90 bits per heavy atom. The number of esters is 1. The van der Waals surface area contributed by atoms with Crippen LogP contribution in [-0.2, 0) is 39.1 Å². The van der Waals surface area contributed by atoms with Crippen molar-refractivity contribution < 1.29 is 71.2 Å². The van der Waals surface area contributed by atoms with Gasteiger partial charge in [-0.1, -0.05) is 154 Å². The second kappa shape index (κ2) is 32.1. The Morgan fingerprint density at radius 2 is 1.32 bits per heavy atom. The van der Waals surface area contributed by atoms with Gasteiger partial charge in [0, 0.05) is 30.3 Å². The molecule has 1 saturated carbocycles. The van der Waals surface area contributed by atoms with Gasteiger partial charge in [-0.05, 0) is 62.8 Å². The number of fused-ring (bicyclic) bond motifs is 3. The van der Waals surface area contributed by atoms with E-state index in [4.69, 9.17) is 37.5 Å². The van der Waals surface area contributed by atoms with Crippen LogP contribution in [-0.4, -0.2) is 130 Å².